The molecule has 1 atom stereocenters. The number of rotatable bonds is 4. The molecule has 1 aliphatic carbocycles. The van der Waals surface area contributed by atoms with Crippen molar-refractivity contribution in [3.8, 4) is 0 Å². The van der Waals surface area contributed by atoms with Gasteiger partial charge in [0.05, 0.1) is 16.2 Å². The zero-order valence-electron chi connectivity index (χ0n) is 10.00. The van der Waals surface area contributed by atoms with E-state index in [0.717, 1.165) is 18.9 Å². The highest BCUT2D eigenvalue weighted by molar-refractivity contribution is 9.10. The van der Waals surface area contributed by atoms with Crippen LogP contribution in [-0.4, -0.2) is 0 Å². The summed E-state index contributed by atoms with van der Waals surface area (Å²) >= 11 is 4.75. The summed E-state index contributed by atoms with van der Waals surface area (Å²) < 4.78 is 27.3. The Hall–Kier alpha value is -0.940. The standard InChI is InChI=1S/C14H12BrF2NS/c15-9-6-12(11(17)7-10(9)16)18-14(8-3-4-8)13-2-1-5-19-13/h1-2,5-8,14,18H,3-4H2. The third-order valence-corrected chi connectivity index (χ3v) is 4.83. The lowest BCUT2D eigenvalue weighted by atomic mass is 10.1. The SMILES string of the molecule is Fc1cc(F)c(NC(c2cccs2)C2CC2)cc1Br. The Morgan fingerprint density at radius 1 is 1.26 bits per heavy atom. The van der Waals surface area contributed by atoms with Crippen molar-refractivity contribution in [2.45, 2.75) is 18.9 Å². The Balaban J connectivity index is 1.88. The molecule has 1 aliphatic rings. The molecule has 0 aliphatic heterocycles. The molecule has 0 bridgehead atoms. The van der Waals surface area contributed by atoms with E-state index in [1.807, 2.05) is 11.4 Å². The topological polar surface area (TPSA) is 12.0 Å². The van der Waals surface area contributed by atoms with Crippen molar-refractivity contribution in [1.29, 1.82) is 0 Å². The van der Waals surface area contributed by atoms with Crippen LogP contribution in [0.15, 0.2) is 34.1 Å². The highest BCUT2D eigenvalue weighted by Crippen LogP contribution is 2.44. The van der Waals surface area contributed by atoms with E-state index in [9.17, 15) is 8.78 Å². The van der Waals surface area contributed by atoms with Crippen molar-refractivity contribution in [2.75, 3.05) is 5.32 Å². The second-order valence-corrected chi connectivity index (χ2v) is 6.55. The molecule has 0 spiro atoms. The van der Waals surface area contributed by atoms with E-state index < -0.39 is 11.6 Å². The van der Waals surface area contributed by atoms with Gasteiger partial charge in [-0.15, -0.1) is 11.3 Å². The Labute approximate surface area is 122 Å². The maximum Gasteiger partial charge on any atom is 0.149 e. The zero-order valence-corrected chi connectivity index (χ0v) is 12.4. The van der Waals surface area contributed by atoms with E-state index >= 15 is 0 Å². The third-order valence-electron chi connectivity index (χ3n) is 3.26. The number of hydrogen-bond acceptors (Lipinski definition) is 2. The van der Waals surface area contributed by atoms with Gasteiger partial charge in [-0.2, -0.15) is 0 Å². The molecule has 1 nitrogen and oxygen atoms in total. The van der Waals surface area contributed by atoms with E-state index in [1.165, 1.54) is 10.9 Å². The predicted octanol–water partition coefficient (Wildman–Crippen LogP) is 5.35. The second-order valence-electron chi connectivity index (χ2n) is 4.72. The summed E-state index contributed by atoms with van der Waals surface area (Å²) in [6, 6.07) is 6.54. The number of nitrogens with one attached hydrogen (secondary N) is 1. The second kappa shape index (κ2) is 5.21. The summed E-state index contributed by atoms with van der Waals surface area (Å²) in [5, 5.41) is 5.24. The van der Waals surface area contributed by atoms with Gasteiger partial charge in [0.2, 0.25) is 0 Å². The number of halogens is 3. The van der Waals surface area contributed by atoms with Crippen molar-refractivity contribution in [1.82, 2.24) is 0 Å². The van der Waals surface area contributed by atoms with Crippen molar-refractivity contribution >= 4 is 33.0 Å². The molecule has 5 heteroatoms. The van der Waals surface area contributed by atoms with E-state index in [2.05, 4.69) is 27.3 Å². The van der Waals surface area contributed by atoms with Crippen LogP contribution in [0.1, 0.15) is 23.8 Å². The molecule has 100 valence electrons. The number of thiophene rings is 1. The minimum atomic E-state index is -0.581. The first-order valence-electron chi connectivity index (χ1n) is 6.09. The smallest absolute Gasteiger partial charge is 0.149 e. The van der Waals surface area contributed by atoms with Gasteiger partial charge >= 0.3 is 0 Å². The van der Waals surface area contributed by atoms with Gasteiger partial charge in [-0.25, -0.2) is 8.78 Å². The van der Waals surface area contributed by atoms with E-state index in [4.69, 9.17) is 0 Å². The number of anilines is 1. The van der Waals surface area contributed by atoms with Gasteiger partial charge in [0, 0.05) is 10.9 Å². The summed E-state index contributed by atoms with van der Waals surface area (Å²) in [6.45, 7) is 0. The van der Waals surface area contributed by atoms with Crippen LogP contribution >= 0.6 is 27.3 Å². The Morgan fingerprint density at radius 2 is 2.05 bits per heavy atom. The van der Waals surface area contributed by atoms with E-state index in [1.54, 1.807) is 11.3 Å². The van der Waals surface area contributed by atoms with Gasteiger partial charge in [-0.1, -0.05) is 6.07 Å². The quantitative estimate of drug-likeness (QED) is 0.737. The van der Waals surface area contributed by atoms with E-state index in [0.29, 0.717) is 11.6 Å². The molecule has 1 heterocycles. The molecule has 19 heavy (non-hydrogen) atoms. The minimum Gasteiger partial charge on any atom is -0.375 e. The molecule has 0 amide bonds. The molecule has 2 aromatic rings. The Kier molecular flexibility index (Phi) is 3.58. The Bertz CT molecular complexity index is 581. The zero-order chi connectivity index (χ0) is 13.4. The molecular formula is C14H12BrF2NS. The van der Waals surface area contributed by atoms with Crippen LogP contribution in [0.5, 0.6) is 0 Å². The van der Waals surface area contributed by atoms with Crippen LogP contribution in [0, 0.1) is 17.6 Å². The van der Waals surface area contributed by atoms with Crippen LogP contribution in [-0.2, 0) is 0 Å². The van der Waals surface area contributed by atoms with Crippen LogP contribution in [0.25, 0.3) is 0 Å². The lowest BCUT2D eigenvalue weighted by molar-refractivity contribution is 0.576. The fourth-order valence-corrected chi connectivity index (χ4v) is 3.33. The fraction of sp³-hybridized carbons (Fsp3) is 0.286. The summed E-state index contributed by atoms with van der Waals surface area (Å²) in [5.74, 6) is -0.591. The van der Waals surface area contributed by atoms with Crippen molar-refractivity contribution in [2.24, 2.45) is 5.92 Å². The largest absolute Gasteiger partial charge is 0.375 e. The molecule has 0 saturated heterocycles. The molecule has 1 aromatic heterocycles. The molecule has 1 aromatic carbocycles. The van der Waals surface area contributed by atoms with Crippen molar-refractivity contribution in [3.63, 3.8) is 0 Å². The minimum absolute atomic E-state index is 0.117. The average molecular weight is 344 g/mol. The van der Waals surface area contributed by atoms with Gasteiger partial charge in [-0.3, -0.25) is 0 Å². The summed E-state index contributed by atoms with van der Waals surface area (Å²) in [5.41, 5.74) is 0.346. The number of benzene rings is 1. The molecule has 1 N–H and O–H groups in total. The van der Waals surface area contributed by atoms with Crippen LogP contribution < -0.4 is 5.32 Å². The third kappa shape index (κ3) is 2.82. The summed E-state index contributed by atoms with van der Waals surface area (Å²) in [6.07, 6.45) is 2.30. The summed E-state index contributed by atoms with van der Waals surface area (Å²) in [4.78, 5) is 1.20. The normalized spacial score (nSPS) is 16.4. The van der Waals surface area contributed by atoms with Gasteiger partial charge in [0.1, 0.15) is 11.6 Å². The van der Waals surface area contributed by atoms with Gasteiger partial charge in [0.15, 0.2) is 0 Å². The first-order chi connectivity index (χ1) is 9.15. The Morgan fingerprint density at radius 3 is 2.68 bits per heavy atom. The van der Waals surface area contributed by atoms with Crippen molar-refractivity contribution < 1.29 is 8.78 Å². The predicted molar refractivity (Wildman–Crippen MR) is 77.5 cm³/mol. The summed E-state index contributed by atoms with van der Waals surface area (Å²) in [7, 11) is 0. The monoisotopic (exact) mass is 343 g/mol. The van der Waals surface area contributed by atoms with Crippen LogP contribution in [0.2, 0.25) is 0 Å². The van der Waals surface area contributed by atoms with Crippen LogP contribution in [0.4, 0.5) is 14.5 Å². The fourth-order valence-electron chi connectivity index (χ4n) is 2.12. The average Bonchev–Trinajstić information content (AvgIpc) is 3.07. The van der Waals surface area contributed by atoms with Gasteiger partial charge in [-0.05, 0) is 52.2 Å². The highest BCUT2D eigenvalue weighted by atomic mass is 79.9. The molecule has 1 saturated carbocycles. The maximum absolute atomic E-state index is 13.8. The molecular weight excluding hydrogens is 332 g/mol. The molecule has 3 rings (SSSR count). The van der Waals surface area contributed by atoms with Crippen LogP contribution in [0.3, 0.4) is 0 Å². The highest BCUT2D eigenvalue weighted by Gasteiger charge is 2.33. The molecule has 0 radical (unpaired) electrons. The van der Waals surface area contributed by atoms with Gasteiger partial charge < -0.3 is 5.32 Å². The first-order valence-corrected chi connectivity index (χ1v) is 7.77. The van der Waals surface area contributed by atoms with E-state index in [-0.39, 0.29) is 10.5 Å². The lowest BCUT2D eigenvalue weighted by Crippen LogP contribution is -2.12. The molecule has 1 fully saturated rings. The lowest BCUT2D eigenvalue weighted by Gasteiger charge is -2.19. The first kappa shape index (κ1) is 13.1. The van der Waals surface area contributed by atoms with Crippen molar-refractivity contribution in [3.05, 3.63) is 50.6 Å². The number of hydrogen-bond donors (Lipinski definition) is 1. The maximum atomic E-state index is 13.8. The molecule has 1 unspecified atom stereocenters. The van der Waals surface area contributed by atoms with Gasteiger partial charge in [0.25, 0.3) is 0 Å².